The molecule has 1 aromatic carbocycles. The molecule has 18 heavy (non-hydrogen) atoms. The number of aryl methyl sites for hydroxylation is 1. The smallest absolute Gasteiger partial charge is 0.294 e. The highest BCUT2D eigenvalue weighted by Crippen LogP contribution is 2.14. The molecule has 0 atom stereocenters. The fourth-order valence-electron chi connectivity index (χ4n) is 1.84. The first-order chi connectivity index (χ1) is 8.39. The summed E-state index contributed by atoms with van der Waals surface area (Å²) in [5.41, 5.74) is 6.59. The number of nitrogens with two attached hydrogens (primary N) is 1. The van der Waals surface area contributed by atoms with E-state index >= 15 is 0 Å². The molecule has 0 aromatic heterocycles. The van der Waals surface area contributed by atoms with Crippen molar-refractivity contribution >= 4 is 10.1 Å². The van der Waals surface area contributed by atoms with Gasteiger partial charge in [0.05, 0.1) is 4.90 Å². The molecular weight excluding hydrogens is 250 g/mol. The van der Waals surface area contributed by atoms with Crippen LogP contribution in [0.1, 0.15) is 37.7 Å². The first-order valence-electron chi connectivity index (χ1n) is 6.19. The van der Waals surface area contributed by atoms with Gasteiger partial charge in [-0.05, 0) is 31.9 Å². The summed E-state index contributed by atoms with van der Waals surface area (Å²) in [6.45, 7) is 1.84. The van der Waals surface area contributed by atoms with E-state index in [1.165, 1.54) is 44.2 Å². The van der Waals surface area contributed by atoms with Gasteiger partial charge in [-0.15, -0.1) is 0 Å². The Hall–Kier alpha value is -0.910. The molecule has 0 saturated heterocycles. The van der Waals surface area contributed by atoms with Crippen molar-refractivity contribution < 1.29 is 13.0 Å². The highest BCUT2D eigenvalue weighted by atomic mass is 32.2. The highest BCUT2D eigenvalue weighted by molar-refractivity contribution is 7.85. The summed E-state index contributed by atoms with van der Waals surface area (Å²) in [7, 11) is -4.02. The molecule has 1 aliphatic carbocycles. The van der Waals surface area contributed by atoms with Crippen LogP contribution in [-0.2, 0) is 10.1 Å². The zero-order valence-electron chi connectivity index (χ0n) is 10.7. The van der Waals surface area contributed by atoms with E-state index in [-0.39, 0.29) is 4.90 Å². The molecule has 0 aliphatic heterocycles. The van der Waals surface area contributed by atoms with Crippen molar-refractivity contribution in [2.24, 2.45) is 5.73 Å². The second kappa shape index (κ2) is 6.87. The van der Waals surface area contributed by atoms with Gasteiger partial charge in [-0.3, -0.25) is 4.55 Å². The van der Waals surface area contributed by atoms with E-state index in [9.17, 15) is 8.42 Å². The van der Waals surface area contributed by atoms with E-state index in [1.807, 2.05) is 6.92 Å². The summed E-state index contributed by atoms with van der Waals surface area (Å²) in [5, 5.41) is 0. The molecular formula is C13H21NO3S. The molecule has 4 nitrogen and oxygen atoms in total. The molecule has 1 aromatic rings. The lowest BCUT2D eigenvalue weighted by atomic mass is 9.97. The first-order valence-corrected chi connectivity index (χ1v) is 7.63. The third-order valence-electron chi connectivity index (χ3n) is 2.97. The molecule has 102 valence electrons. The maximum Gasteiger partial charge on any atom is 0.294 e. The van der Waals surface area contributed by atoms with Gasteiger partial charge in [0.25, 0.3) is 10.1 Å². The standard InChI is InChI=1S/C7H8O3S.C6H13N/c1-6-2-4-7(5-3-6)11(8,9)10;7-6-4-2-1-3-5-6/h2-5H,1H3,(H,8,9,10);6H,1-5,7H2. The van der Waals surface area contributed by atoms with Crippen LogP contribution in [0.3, 0.4) is 0 Å². The lowest BCUT2D eigenvalue weighted by Gasteiger charge is -2.15. The van der Waals surface area contributed by atoms with E-state index in [0.717, 1.165) is 5.56 Å². The molecule has 3 N–H and O–H groups in total. The molecule has 1 aliphatic rings. The van der Waals surface area contributed by atoms with E-state index < -0.39 is 10.1 Å². The summed E-state index contributed by atoms with van der Waals surface area (Å²) >= 11 is 0. The SMILES string of the molecule is Cc1ccc(S(=O)(=O)O)cc1.NC1CCCCC1. The lowest BCUT2D eigenvalue weighted by Crippen LogP contribution is -2.22. The van der Waals surface area contributed by atoms with Crippen molar-refractivity contribution in [1.82, 2.24) is 0 Å². The molecule has 0 radical (unpaired) electrons. The third kappa shape index (κ3) is 5.62. The van der Waals surface area contributed by atoms with E-state index in [4.69, 9.17) is 10.3 Å². The monoisotopic (exact) mass is 271 g/mol. The topological polar surface area (TPSA) is 80.4 Å². The minimum absolute atomic E-state index is 0.0666. The molecule has 1 saturated carbocycles. The Kier molecular flexibility index (Phi) is 5.78. The Morgan fingerprint density at radius 1 is 1.11 bits per heavy atom. The maximum absolute atomic E-state index is 10.5. The zero-order chi connectivity index (χ0) is 13.6. The lowest BCUT2D eigenvalue weighted by molar-refractivity contribution is 0.441. The molecule has 5 heteroatoms. The second-order valence-corrected chi connectivity index (χ2v) is 6.11. The van der Waals surface area contributed by atoms with Crippen LogP contribution in [0.15, 0.2) is 29.2 Å². The predicted molar refractivity (Wildman–Crippen MR) is 72.1 cm³/mol. The normalized spacial score (nSPS) is 16.8. The predicted octanol–water partition coefficient (Wildman–Crippen LogP) is 2.52. The van der Waals surface area contributed by atoms with Gasteiger partial charge in [0.1, 0.15) is 0 Å². The summed E-state index contributed by atoms with van der Waals surface area (Å²) in [6.07, 6.45) is 6.66. The van der Waals surface area contributed by atoms with Gasteiger partial charge in [-0.1, -0.05) is 37.0 Å². The highest BCUT2D eigenvalue weighted by Gasteiger charge is 2.07. The maximum atomic E-state index is 10.5. The van der Waals surface area contributed by atoms with Crippen LogP contribution < -0.4 is 5.73 Å². The Labute approximate surface area is 109 Å². The average molecular weight is 271 g/mol. The van der Waals surface area contributed by atoms with E-state index in [2.05, 4.69) is 0 Å². The van der Waals surface area contributed by atoms with Crippen LogP contribution in [0.5, 0.6) is 0 Å². The van der Waals surface area contributed by atoms with Crippen LogP contribution in [0.4, 0.5) is 0 Å². The Morgan fingerprint density at radius 3 is 1.94 bits per heavy atom. The molecule has 2 rings (SSSR count). The van der Waals surface area contributed by atoms with Gasteiger partial charge in [-0.25, -0.2) is 0 Å². The van der Waals surface area contributed by atoms with Crippen molar-refractivity contribution in [2.45, 2.75) is 50.0 Å². The minimum Gasteiger partial charge on any atom is -0.328 e. The van der Waals surface area contributed by atoms with Crippen molar-refractivity contribution in [3.8, 4) is 0 Å². The van der Waals surface area contributed by atoms with Gasteiger partial charge in [0, 0.05) is 6.04 Å². The van der Waals surface area contributed by atoms with Crippen LogP contribution in [0, 0.1) is 6.92 Å². The average Bonchev–Trinajstić information content (AvgIpc) is 2.30. The molecule has 0 unspecified atom stereocenters. The summed E-state index contributed by atoms with van der Waals surface area (Å²) in [6, 6.07) is 6.52. The molecule has 0 bridgehead atoms. The molecule has 0 spiro atoms. The number of hydrogen-bond acceptors (Lipinski definition) is 3. The summed E-state index contributed by atoms with van der Waals surface area (Å²) in [5.74, 6) is 0. The van der Waals surface area contributed by atoms with Crippen molar-refractivity contribution in [1.29, 1.82) is 0 Å². The van der Waals surface area contributed by atoms with Crippen LogP contribution in [0.25, 0.3) is 0 Å². The third-order valence-corrected chi connectivity index (χ3v) is 3.84. The van der Waals surface area contributed by atoms with Gasteiger partial charge < -0.3 is 5.73 Å². The van der Waals surface area contributed by atoms with Crippen LogP contribution >= 0.6 is 0 Å². The fourth-order valence-corrected chi connectivity index (χ4v) is 2.32. The van der Waals surface area contributed by atoms with Crippen LogP contribution in [-0.4, -0.2) is 19.0 Å². The largest absolute Gasteiger partial charge is 0.328 e. The minimum atomic E-state index is -4.02. The Balaban J connectivity index is 0.000000199. The molecule has 0 amide bonds. The van der Waals surface area contributed by atoms with Gasteiger partial charge in [0.2, 0.25) is 0 Å². The van der Waals surface area contributed by atoms with Crippen molar-refractivity contribution in [3.63, 3.8) is 0 Å². The molecule has 1 fully saturated rings. The zero-order valence-corrected chi connectivity index (χ0v) is 11.5. The second-order valence-electron chi connectivity index (χ2n) is 4.69. The first kappa shape index (κ1) is 15.1. The van der Waals surface area contributed by atoms with E-state index in [1.54, 1.807) is 12.1 Å². The van der Waals surface area contributed by atoms with Crippen molar-refractivity contribution in [2.75, 3.05) is 0 Å². The number of benzene rings is 1. The van der Waals surface area contributed by atoms with Gasteiger partial charge >= 0.3 is 0 Å². The Morgan fingerprint density at radius 2 is 1.61 bits per heavy atom. The number of hydrogen-bond donors (Lipinski definition) is 2. The van der Waals surface area contributed by atoms with Gasteiger partial charge in [-0.2, -0.15) is 8.42 Å². The van der Waals surface area contributed by atoms with Crippen LogP contribution in [0.2, 0.25) is 0 Å². The summed E-state index contributed by atoms with van der Waals surface area (Å²) < 4.78 is 29.6. The fraction of sp³-hybridized carbons (Fsp3) is 0.538. The van der Waals surface area contributed by atoms with Crippen molar-refractivity contribution in [3.05, 3.63) is 29.8 Å². The Bertz CT molecular complexity index is 448. The van der Waals surface area contributed by atoms with E-state index in [0.29, 0.717) is 6.04 Å². The summed E-state index contributed by atoms with van der Waals surface area (Å²) in [4.78, 5) is -0.0666. The number of rotatable bonds is 1. The quantitative estimate of drug-likeness (QED) is 0.769. The molecule has 0 heterocycles. The van der Waals surface area contributed by atoms with Gasteiger partial charge in [0.15, 0.2) is 0 Å².